The summed E-state index contributed by atoms with van der Waals surface area (Å²) in [5.41, 5.74) is 8.55. The Labute approximate surface area is 252 Å². The van der Waals surface area contributed by atoms with Crippen molar-refractivity contribution in [2.24, 2.45) is 10.8 Å². The number of alkyl halides is 2. The standard InChI is InChI=1S/C30H24F4N6O5/c1-15-7-27(45-29-18(31)3-2-4-19(29)32)36-12-24(15)40-13-20(35)17(11-37-40)28(41)22-8-16-9-25(44-14-26(33)34)23(10-21(16)38-22)39-5-6-43-30(39)42/h2-4,7-12,26,38H,5-6,13-14,35H2,1H3. The zero-order valence-electron chi connectivity index (χ0n) is 23.5. The number of pyridine rings is 1. The quantitative estimate of drug-likeness (QED) is 0.186. The van der Waals surface area contributed by atoms with Crippen molar-refractivity contribution in [3.05, 3.63) is 82.8 Å². The van der Waals surface area contributed by atoms with Crippen LogP contribution in [-0.2, 0) is 4.74 Å². The van der Waals surface area contributed by atoms with Gasteiger partial charge in [-0.25, -0.2) is 27.3 Å². The van der Waals surface area contributed by atoms with Crippen LogP contribution in [0.3, 0.4) is 0 Å². The number of benzene rings is 2. The summed E-state index contributed by atoms with van der Waals surface area (Å²) in [6.45, 7) is 1.19. The maximum Gasteiger partial charge on any atom is 0.414 e. The largest absolute Gasteiger partial charge is 0.485 e. The van der Waals surface area contributed by atoms with E-state index in [0.717, 1.165) is 12.1 Å². The molecule has 11 nitrogen and oxygen atoms in total. The number of H-pyrrole nitrogens is 1. The van der Waals surface area contributed by atoms with Gasteiger partial charge in [0.15, 0.2) is 11.6 Å². The van der Waals surface area contributed by atoms with E-state index in [-0.39, 0.29) is 54.0 Å². The number of aryl methyl sites for hydroxylation is 1. The Hall–Kier alpha value is -5.60. The molecule has 1 saturated heterocycles. The minimum atomic E-state index is -2.74. The highest BCUT2D eigenvalue weighted by molar-refractivity contribution is 6.22. The van der Waals surface area contributed by atoms with Crippen LogP contribution in [0, 0.1) is 18.6 Å². The second-order valence-corrected chi connectivity index (χ2v) is 10.1. The lowest BCUT2D eigenvalue weighted by Gasteiger charge is -2.25. The molecule has 0 atom stereocenters. The highest BCUT2D eigenvalue weighted by Crippen LogP contribution is 2.36. The first-order chi connectivity index (χ1) is 21.6. The molecule has 0 saturated carbocycles. The van der Waals surface area contributed by atoms with E-state index in [9.17, 15) is 27.2 Å². The summed E-state index contributed by atoms with van der Waals surface area (Å²) in [4.78, 5) is 34.0. The molecule has 232 valence electrons. The fourth-order valence-electron chi connectivity index (χ4n) is 4.89. The molecule has 45 heavy (non-hydrogen) atoms. The number of aromatic amines is 1. The number of allylic oxidation sites excluding steroid dienone is 1. The van der Waals surface area contributed by atoms with Crippen LogP contribution in [0.2, 0.25) is 0 Å². The topological polar surface area (TPSA) is 135 Å². The predicted molar refractivity (Wildman–Crippen MR) is 155 cm³/mol. The average Bonchev–Trinajstić information content (AvgIpc) is 3.62. The lowest BCUT2D eigenvalue weighted by atomic mass is 10.1. The van der Waals surface area contributed by atoms with Crippen LogP contribution in [0.5, 0.6) is 17.4 Å². The number of halogens is 4. The summed E-state index contributed by atoms with van der Waals surface area (Å²) in [7, 11) is 0. The fraction of sp³-hybridized carbons (Fsp3) is 0.200. The number of carbonyl (C=O) groups is 2. The van der Waals surface area contributed by atoms with Crippen LogP contribution in [0.4, 0.5) is 33.7 Å². The third kappa shape index (κ3) is 5.83. The van der Waals surface area contributed by atoms with Gasteiger partial charge in [0, 0.05) is 22.7 Å². The maximum atomic E-state index is 14.0. The second-order valence-electron chi connectivity index (χ2n) is 10.1. The number of hydrogen-bond acceptors (Lipinski definition) is 9. The number of anilines is 2. The first-order valence-electron chi connectivity index (χ1n) is 13.5. The summed E-state index contributed by atoms with van der Waals surface area (Å²) >= 11 is 0. The van der Waals surface area contributed by atoms with Crippen molar-refractivity contribution in [2.75, 3.05) is 36.2 Å². The third-order valence-corrected chi connectivity index (χ3v) is 7.06. The first kappa shape index (κ1) is 29.5. The van der Waals surface area contributed by atoms with Gasteiger partial charge in [-0.05, 0) is 42.8 Å². The van der Waals surface area contributed by atoms with Crippen LogP contribution in [-0.4, -0.2) is 60.8 Å². The van der Waals surface area contributed by atoms with Crippen LogP contribution >= 0.6 is 0 Å². The van der Waals surface area contributed by atoms with E-state index < -0.39 is 42.3 Å². The van der Waals surface area contributed by atoms with Crippen molar-refractivity contribution in [2.45, 2.75) is 13.3 Å². The van der Waals surface area contributed by atoms with Crippen LogP contribution < -0.4 is 25.1 Å². The van der Waals surface area contributed by atoms with Gasteiger partial charge in [-0.15, -0.1) is 0 Å². The predicted octanol–water partition coefficient (Wildman–Crippen LogP) is 5.44. The Kier molecular flexibility index (Phi) is 7.74. The van der Waals surface area contributed by atoms with Crippen molar-refractivity contribution >= 4 is 40.4 Å². The number of rotatable bonds is 9. The minimum Gasteiger partial charge on any atom is -0.485 e. The number of nitrogens with two attached hydrogens (primary N) is 1. The number of Topliss-reactive ketones (excluding diaryl/α,β-unsaturated/α-hetero) is 1. The van der Waals surface area contributed by atoms with Crippen LogP contribution in [0.1, 0.15) is 16.1 Å². The molecule has 4 aromatic rings. The molecule has 0 spiro atoms. The number of amides is 1. The van der Waals surface area contributed by atoms with Crippen molar-refractivity contribution in [1.82, 2.24) is 9.97 Å². The average molecular weight is 625 g/mol. The minimum absolute atomic E-state index is 0.0231. The van der Waals surface area contributed by atoms with Gasteiger partial charge in [0.1, 0.15) is 19.0 Å². The van der Waals surface area contributed by atoms with E-state index in [2.05, 4.69) is 15.1 Å². The zero-order chi connectivity index (χ0) is 31.8. The van der Waals surface area contributed by atoms with E-state index >= 15 is 0 Å². The number of nitrogens with zero attached hydrogens (tertiary/aromatic N) is 4. The molecule has 0 aliphatic carbocycles. The van der Waals surface area contributed by atoms with Crippen molar-refractivity contribution in [1.29, 1.82) is 0 Å². The molecular formula is C30H24F4N6O5. The molecule has 1 fully saturated rings. The molecule has 2 aromatic carbocycles. The number of fused-ring (bicyclic) bond motifs is 1. The molecule has 1 amide bonds. The van der Waals surface area contributed by atoms with Crippen molar-refractivity contribution in [3.8, 4) is 17.4 Å². The normalized spacial score (nSPS) is 14.9. The monoisotopic (exact) mass is 624 g/mol. The molecule has 4 heterocycles. The zero-order valence-corrected chi connectivity index (χ0v) is 23.5. The number of hydrazone groups is 1. The molecule has 15 heteroatoms. The maximum absolute atomic E-state index is 14.0. The van der Waals surface area contributed by atoms with Crippen molar-refractivity contribution < 1.29 is 41.4 Å². The van der Waals surface area contributed by atoms with Gasteiger partial charge in [-0.1, -0.05) is 6.07 Å². The van der Waals surface area contributed by atoms with Crippen molar-refractivity contribution in [3.63, 3.8) is 0 Å². The smallest absolute Gasteiger partial charge is 0.414 e. The number of para-hydroxylation sites is 1. The lowest BCUT2D eigenvalue weighted by Crippen LogP contribution is -2.31. The van der Waals surface area contributed by atoms with Gasteiger partial charge in [0.2, 0.25) is 17.4 Å². The molecule has 6 rings (SSSR count). The summed E-state index contributed by atoms with van der Waals surface area (Å²) < 4.78 is 69.4. The van der Waals surface area contributed by atoms with Gasteiger partial charge in [0.05, 0.1) is 48.1 Å². The van der Waals surface area contributed by atoms with Gasteiger partial charge < -0.3 is 24.9 Å². The van der Waals surface area contributed by atoms with Gasteiger partial charge >= 0.3 is 6.09 Å². The molecule has 0 radical (unpaired) electrons. The van der Waals surface area contributed by atoms with E-state index in [0.29, 0.717) is 22.2 Å². The highest BCUT2D eigenvalue weighted by Gasteiger charge is 2.29. The van der Waals surface area contributed by atoms with Crippen LogP contribution in [0.15, 0.2) is 65.0 Å². The highest BCUT2D eigenvalue weighted by atomic mass is 19.3. The molecule has 2 aromatic heterocycles. The number of carbonyl (C=O) groups excluding carboxylic acids is 2. The SMILES string of the molecule is Cc1cc(Oc2c(F)cccc2F)ncc1N1CC(N)=C(C(=O)c2cc3cc(OCC(F)F)c(N4CCOC4=O)cc3[nH]2)C=N1. The van der Waals surface area contributed by atoms with E-state index in [1.165, 1.54) is 52.7 Å². The number of ketones is 1. The third-order valence-electron chi connectivity index (χ3n) is 7.06. The Morgan fingerprint density at radius 3 is 2.60 bits per heavy atom. The number of hydrogen-bond donors (Lipinski definition) is 2. The second kappa shape index (κ2) is 11.8. The first-order valence-corrected chi connectivity index (χ1v) is 13.5. The van der Waals surface area contributed by atoms with E-state index in [1.807, 2.05) is 0 Å². The summed E-state index contributed by atoms with van der Waals surface area (Å²) in [6.07, 6.45) is -0.683. The molecule has 2 aliphatic rings. The van der Waals surface area contributed by atoms with Gasteiger partial charge in [-0.2, -0.15) is 5.10 Å². The Bertz CT molecular complexity index is 1870. The number of nitrogens with one attached hydrogen (secondary N) is 1. The Morgan fingerprint density at radius 2 is 1.93 bits per heavy atom. The molecule has 0 bridgehead atoms. The number of aromatic nitrogens is 2. The Balaban J connectivity index is 1.22. The molecule has 3 N–H and O–H groups in total. The summed E-state index contributed by atoms with van der Waals surface area (Å²) in [5.74, 6) is -2.80. The summed E-state index contributed by atoms with van der Waals surface area (Å²) in [6, 6.07) is 9.34. The fourth-order valence-corrected chi connectivity index (χ4v) is 4.89. The van der Waals surface area contributed by atoms with Crippen LogP contribution in [0.25, 0.3) is 10.9 Å². The molecular weight excluding hydrogens is 600 g/mol. The number of cyclic esters (lactones) is 1. The Morgan fingerprint density at radius 1 is 1.16 bits per heavy atom. The van der Waals surface area contributed by atoms with E-state index in [4.69, 9.17) is 19.9 Å². The van der Waals surface area contributed by atoms with E-state index in [1.54, 1.807) is 6.92 Å². The molecule has 2 aliphatic heterocycles. The number of ether oxygens (including phenoxy) is 3. The lowest BCUT2D eigenvalue weighted by molar-refractivity contribution is 0.0822. The van der Waals surface area contributed by atoms with Gasteiger partial charge in [-0.3, -0.25) is 14.7 Å². The van der Waals surface area contributed by atoms with Gasteiger partial charge in [0.25, 0.3) is 6.43 Å². The molecule has 0 unspecified atom stereocenters. The summed E-state index contributed by atoms with van der Waals surface area (Å²) in [5, 5.41) is 6.33.